The van der Waals surface area contributed by atoms with Gasteiger partial charge in [-0.25, -0.2) is 0 Å². The molecule has 0 atom stereocenters. The third-order valence-corrected chi connectivity index (χ3v) is 6.75. The molecule has 170 valence electrons. The van der Waals surface area contributed by atoms with Crippen molar-refractivity contribution in [1.29, 1.82) is 0 Å². The molecule has 0 radical (unpaired) electrons. The molecule has 0 aliphatic rings. The Morgan fingerprint density at radius 2 is 1.62 bits per heavy atom. The van der Waals surface area contributed by atoms with Gasteiger partial charge >= 0.3 is 0 Å². The fraction of sp³-hybridized carbons (Fsp3) is 0.185. The van der Waals surface area contributed by atoms with Gasteiger partial charge in [-0.3, -0.25) is 4.57 Å². The Hall–Kier alpha value is -3.71. The summed E-state index contributed by atoms with van der Waals surface area (Å²) >= 11 is 1.54. The van der Waals surface area contributed by atoms with Crippen LogP contribution in [0.5, 0.6) is 0 Å². The second-order valence-electron chi connectivity index (χ2n) is 8.28. The van der Waals surface area contributed by atoms with Crippen molar-refractivity contribution in [3.05, 3.63) is 107 Å². The van der Waals surface area contributed by atoms with Gasteiger partial charge < -0.3 is 4.52 Å². The molecule has 3 aromatic carbocycles. The molecule has 0 fully saturated rings. The van der Waals surface area contributed by atoms with Crippen LogP contribution in [0.4, 0.5) is 0 Å². The third kappa shape index (κ3) is 4.65. The molecule has 34 heavy (non-hydrogen) atoms. The number of hydrogen-bond acceptors (Lipinski definition) is 6. The number of rotatable bonds is 7. The summed E-state index contributed by atoms with van der Waals surface area (Å²) in [5.41, 5.74) is 6.82. The maximum absolute atomic E-state index is 5.54. The van der Waals surface area contributed by atoms with Crippen molar-refractivity contribution in [2.75, 3.05) is 0 Å². The summed E-state index contributed by atoms with van der Waals surface area (Å²) in [7, 11) is 0. The SMILES string of the molecule is Cc1ccc(-n2c(Cc3ccccc3)nnc2SCc2nc(-c3ccccc3C)no2)cc1C. The first-order valence-electron chi connectivity index (χ1n) is 11.2. The first-order chi connectivity index (χ1) is 16.6. The molecule has 0 aliphatic carbocycles. The average molecular weight is 468 g/mol. The van der Waals surface area contributed by atoms with Gasteiger partial charge in [-0.1, -0.05) is 77.6 Å². The third-order valence-electron chi connectivity index (χ3n) is 5.83. The maximum atomic E-state index is 5.54. The molecule has 7 heteroatoms. The van der Waals surface area contributed by atoms with E-state index in [1.54, 1.807) is 11.8 Å². The second kappa shape index (κ2) is 9.65. The highest BCUT2D eigenvalue weighted by Gasteiger charge is 2.18. The van der Waals surface area contributed by atoms with Crippen LogP contribution < -0.4 is 0 Å². The van der Waals surface area contributed by atoms with E-state index in [2.05, 4.69) is 69.1 Å². The van der Waals surface area contributed by atoms with E-state index in [-0.39, 0.29) is 0 Å². The van der Waals surface area contributed by atoms with Gasteiger partial charge in [-0.05, 0) is 55.2 Å². The van der Waals surface area contributed by atoms with Crippen molar-refractivity contribution in [1.82, 2.24) is 24.9 Å². The van der Waals surface area contributed by atoms with Crippen molar-refractivity contribution in [2.24, 2.45) is 0 Å². The van der Waals surface area contributed by atoms with Crippen molar-refractivity contribution < 1.29 is 4.52 Å². The largest absolute Gasteiger partial charge is 0.338 e. The van der Waals surface area contributed by atoms with Crippen LogP contribution in [0.15, 0.2) is 82.5 Å². The normalized spacial score (nSPS) is 11.1. The fourth-order valence-electron chi connectivity index (χ4n) is 3.78. The number of thioether (sulfide) groups is 1. The molecular formula is C27H25N5OS. The van der Waals surface area contributed by atoms with E-state index in [0.717, 1.165) is 27.8 Å². The lowest BCUT2D eigenvalue weighted by Crippen LogP contribution is -2.04. The van der Waals surface area contributed by atoms with Crippen molar-refractivity contribution in [3.63, 3.8) is 0 Å². The Balaban J connectivity index is 1.43. The zero-order valence-corrected chi connectivity index (χ0v) is 20.2. The first kappa shape index (κ1) is 22.1. The molecule has 5 aromatic rings. The minimum atomic E-state index is 0.507. The van der Waals surface area contributed by atoms with Crippen LogP contribution in [0.1, 0.15) is 34.0 Å². The quantitative estimate of drug-likeness (QED) is 0.268. The van der Waals surface area contributed by atoms with Gasteiger partial charge in [0.2, 0.25) is 11.7 Å². The van der Waals surface area contributed by atoms with Crippen LogP contribution in [0, 0.1) is 20.8 Å². The number of aryl methyl sites for hydroxylation is 3. The monoisotopic (exact) mass is 467 g/mol. The molecule has 0 amide bonds. The Morgan fingerprint density at radius 1 is 0.824 bits per heavy atom. The van der Waals surface area contributed by atoms with Crippen LogP contribution in [-0.2, 0) is 12.2 Å². The van der Waals surface area contributed by atoms with Crippen LogP contribution in [-0.4, -0.2) is 24.9 Å². The zero-order chi connectivity index (χ0) is 23.5. The number of aromatic nitrogens is 5. The van der Waals surface area contributed by atoms with Crippen molar-refractivity contribution in [3.8, 4) is 17.1 Å². The Kier molecular flexibility index (Phi) is 6.27. The smallest absolute Gasteiger partial charge is 0.237 e. The van der Waals surface area contributed by atoms with Gasteiger partial charge in [-0.2, -0.15) is 4.98 Å². The molecule has 0 saturated carbocycles. The van der Waals surface area contributed by atoms with Gasteiger partial charge in [0.1, 0.15) is 5.82 Å². The first-order valence-corrected chi connectivity index (χ1v) is 12.1. The summed E-state index contributed by atoms with van der Waals surface area (Å²) < 4.78 is 7.67. The molecule has 0 spiro atoms. The molecule has 6 nitrogen and oxygen atoms in total. The van der Waals surface area contributed by atoms with Gasteiger partial charge in [0.25, 0.3) is 0 Å². The molecular weight excluding hydrogens is 442 g/mol. The summed E-state index contributed by atoms with van der Waals surface area (Å²) in [6.45, 7) is 6.28. The van der Waals surface area contributed by atoms with Crippen LogP contribution >= 0.6 is 11.8 Å². The summed E-state index contributed by atoms with van der Waals surface area (Å²) in [4.78, 5) is 4.60. The van der Waals surface area contributed by atoms with Gasteiger partial charge in [0, 0.05) is 17.7 Å². The topological polar surface area (TPSA) is 69.6 Å². The summed E-state index contributed by atoms with van der Waals surface area (Å²) in [6.07, 6.45) is 0.694. The highest BCUT2D eigenvalue weighted by atomic mass is 32.2. The van der Waals surface area contributed by atoms with E-state index in [4.69, 9.17) is 4.52 Å². The standard InChI is InChI=1S/C27H25N5OS/c1-18-13-14-22(15-20(18)3)32-24(16-21-10-5-4-6-11-21)29-30-27(32)34-17-25-28-26(31-33-25)23-12-8-7-9-19(23)2/h4-15H,16-17H2,1-3H3. The molecule has 0 N–H and O–H groups in total. The van der Waals surface area contributed by atoms with Crippen molar-refractivity contribution >= 4 is 11.8 Å². The summed E-state index contributed by atoms with van der Waals surface area (Å²) in [5.74, 6) is 2.56. The lowest BCUT2D eigenvalue weighted by atomic mass is 10.1. The molecule has 0 saturated heterocycles. The molecule has 0 bridgehead atoms. The minimum Gasteiger partial charge on any atom is -0.338 e. The fourth-order valence-corrected chi connectivity index (χ4v) is 4.59. The lowest BCUT2D eigenvalue weighted by molar-refractivity contribution is 0.391. The Bertz CT molecular complexity index is 1420. The second-order valence-corrected chi connectivity index (χ2v) is 9.22. The Morgan fingerprint density at radius 3 is 2.41 bits per heavy atom. The zero-order valence-electron chi connectivity index (χ0n) is 19.4. The van der Waals surface area contributed by atoms with Gasteiger partial charge in [0.15, 0.2) is 5.16 Å². The average Bonchev–Trinajstić information content (AvgIpc) is 3.48. The van der Waals surface area contributed by atoms with Crippen LogP contribution in [0.2, 0.25) is 0 Å². The minimum absolute atomic E-state index is 0.507. The van der Waals surface area contributed by atoms with E-state index >= 15 is 0 Å². The van der Waals surface area contributed by atoms with Crippen molar-refractivity contribution in [2.45, 2.75) is 38.1 Å². The number of nitrogens with zero attached hydrogens (tertiary/aromatic N) is 5. The summed E-state index contributed by atoms with van der Waals surface area (Å²) in [5, 5.41) is 14.0. The van der Waals surface area contributed by atoms with E-state index in [0.29, 0.717) is 23.9 Å². The van der Waals surface area contributed by atoms with Gasteiger partial charge in [0.05, 0.1) is 5.75 Å². The molecule has 2 aromatic heterocycles. The Labute approximate surface area is 203 Å². The molecule has 2 heterocycles. The number of hydrogen-bond donors (Lipinski definition) is 0. The molecule has 0 aliphatic heterocycles. The van der Waals surface area contributed by atoms with E-state index in [9.17, 15) is 0 Å². The highest BCUT2D eigenvalue weighted by molar-refractivity contribution is 7.98. The lowest BCUT2D eigenvalue weighted by Gasteiger charge is -2.12. The molecule has 0 unspecified atom stereocenters. The summed E-state index contributed by atoms with van der Waals surface area (Å²) in [6, 6.07) is 24.8. The maximum Gasteiger partial charge on any atom is 0.237 e. The van der Waals surface area contributed by atoms with Gasteiger partial charge in [-0.15, -0.1) is 10.2 Å². The van der Waals surface area contributed by atoms with E-state index in [1.165, 1.54) is 16.7 Å². The predicted octanol–water partition coefficient (Wildman–Crippen LogP) is 6.13. The highest BCUT2D eigenvalue weighted by Crippen LogP contribution is 2.28. The number of benzene rings is 3. The van der Waals surface area contributed by atoms with E-state index in [1.807, 2.05) is 49.4 Å². The van der Waals surface area contributed by atoms with Crippen LogP contribution in [0.3, 0.4) is 0 Å². The predicted molar refractivity (Wildman–Crippen MR) is 134 cm³/mol. The van der Waals surface area contributed by atoms with Crippen LogP contribution in [0.25, 0.3) is 17.1 Å². The van der Waals surface area contributed by atoms with E-state index < -0.39 is 0 Å². The molecule has 5 rings (SSSR count).